The summed E-state index contributed by atoms with van der Waals surface area (Å²) < 4.78 is 0. The average molecular weight is 348 g/mol. The Hall–Kier alpha value is -2.53. The van der Waals surface area contributed by atoms with Gasteiger partial charge in [-0.3, -0.25) is 15.0 Å². The molecule has 132 valence electrons. The lowest BCUT2D eigenvalue weighted by Gasteiger charge is -2.30. The highest BCUT2D eigenvalue weighted by Gasteiger charge is 2.71. The fourth-order valence-corrected chi connectivity index (χ4v) is 5.08. The van der Waals surface area contributed by atoms with E-state index >= 15 is 0 Å². The smallest absolute Gasteiger partial charge is 0.269 e. The van der Waals surface area contributed by atoms with Crippen molar-refractivity contribution in [3.05, 3.63) is 75.8 Å². The van der Waals surface area contributed by atoms with Crippen LogP contribution < -0.4 is 4.90 Å². The number of nitro groups is 1. The molecule has 3 aliphatic rings. The van der Waals surface area contributed by atoms with E-state index in [4.69, 9.17) is 4.99 Å². The number of benzene rings is 2. The van der Waals surface area contributed by atoms with Gasteiger partial charge in [-0.1, -0.05) is 36.8 Å². The number of hydrogen-bond acceptors (Lipinski definition) is 3. The first-order chi connectivity index (χ1) is 12.7. The molecule has 0 aromatic heterocycles. The molecule has 1 spiro atoms. The van der Waals surface area contributed by atoms with E-state index in [1.807, 2.05) is 18.2 Å². The van der Waals surface area contributed by atoms with E-state index in [9.17, 15) is 10.1 Å². The van der Waals surface area contributed by atoms with Crippen LogP contribution in [0, 0.1) is 10.1 Å². The number of aliphatic imine (C=N–C) groups is 1. The van der Waals surface area contributed by atoms with Gasteiger partial charge in [-0.15, -0.1) is 0 Å². The molecule has 3 atom stereocenters. The molecule has 1 unspecified atom stereocenters. The van der Waals surface area contributed by atoms with E-state index in [0.29, 0.717) is 12.1 Å². The zero-order valence-electron chi connectivity index (χ0n) is 14.6. The van der Waals surface area contributed by atoms with E-state index in [1.165, 1.54) is 36.1 Å². The molecule has 1 saturated heterocycles. The van der Waals surface area contributed by atoms with Gasteiger partial charge in [-0.05, 0) is 25.0 Å². The molecule has 5 rings (SSSR count). The molecule has 26 heavy (non-hydrogen) atoms. The number of rotatable bonds is 3. The van der Waals surface area contributed by atoms with Crippen LogP contribution in [0.3, 0.4) is 0 Å². The zero-order valence-corrected chi connectivity index (χ0v) is 14.6. The molecule has 2 aromatic rings. The third kappa shape index (κ3) is 2.31. The Bertz CT molecular complexity index is 870. The van der Waals surface area contributed by atoms with Crippen LogP contribution >= 0.6 is 0 Å². The van der Waals surface area contributed by atoms with Crippen LogP contribution in [0.25, 0.3) is 0 Å². The van der Waals surface area contributed by atoms with Gasteiger partial charge in [0, 0.05) is 36.1 Å². The molecule has 2 fully saturated rings. The lowest BCUT2D eigenvalue weighted by Crippen LogP contribution is -3.04. The van der Waals surface area contributed by atoms with Crippen LogP contribution in [-0.4, -0.2) is 22.3 Å². The van der Waals surface area contributed by atoms with Crippen molar-refractivity contribution >= 4 is 11.4 Å². The molecule has 0 amide bonds. The minimum atomic E-state index is -0.329. The molecule has 1 N–H and O–H groups in total. The predicted octanol–water partition coefficient (Wildman–Crippen LogP) is 3.07. The summed E-state index contributed by atoms with van der Waals surface area (Å²) >= 11 is 0. The summed E-state index contributed by atoms with van der Waals surface area (Å²) in [5.74, 6) is 0. The normalized spacial score (nSPS) is 28.5. The number of fused-ring (bicyclic) bond motifs is 2. The molecule has 2 heterocycles. The molecule has 5 nitrogen and oxygen atoms in total. The first kappa shape index (κ1) is 15.7. The van der Waals surface area contributed by atoms with Gasteiger partial charge >= 0.3 is 0 Å². The average Bonchev–Trinajstić information content (AvgIpc) is 3.36. The molecule has 5 heteroatoms. The van der Waals surface area contributed by atoms with Crippen LogP contribution in [0.4, 0.5) is 5.69 Å². The van der Waals surface area contributed by atoms with Gasteiger partial charge in [0.05, 0.1) is 4.92 Å². The standard InChI is InChI=1S/C21H21N3O2/c25-24(26)17-11-9-16(10-12-17)19-20-18(15-7-3-1-4-8-15)22-21(23(19)20)13-5-2-6-14-21/h1,3-4,7-12,19-20H,2,5-6,13-14H2/p+1/t19-,20+,23?/m1/s1. The Balaban J connectivity index is 1.52. The number of quaternary nitrogens is 1. The second-order valence-electron chi connectivity index (χ2n) is 7.71. The summed E-state index contributed by atoms with van der Waals surface area (Å²) in [5, 5.41) is 11.0. The fraction of sp³-hybridized carbons (Fsp3) is 0.381. The Labute approximate surface area is 152 Å². The molecule has 0 radical (unpaired) electrons. The lowest BCUT2D eigenvalue weighted by atomic mass is 9.89. The Morgan fingerprint density at radius 1 is 0.962 bits per heavy atom. The highest BCUT2D eigenvalue weighted by Crippen LogP contribution is 2.41. The molecular weight excluding hydrogens is 326 g/mol. The maximum atomic E-state index is 11.0. The summed E-state index contributed by atoms with van der Waals surface area (Å²) in [5.41, 5.74) is 3.83. The van der Waals surface area contributed by atoms with Crippen LogP contribution in [0.5, 0.6) is 0 Å². The van der Waals surface area contributed by atoms with Crippen LogP contribution in [-0.2, 0) is 0 Å². The van der Waals surface area contributed by atoms with E-state index in [2.05, 4.69) is 24.3 Å². The zero-order chi connectivity index (χ0) is 17.7. The maximum absolute atomic E-state index is 11.0. The van der Waals surface area contributed by atoms with E-state index in [1.54, 1.807) is 17.0 Å². The van der Waals surface area contributed by atoms with Gasteiger partial charge in [-0.25, -0.2) is 4.99 Å². The lowest BCUT2D eigenvalue weighted by molar-refractivity contribution is -0.845. The van der Waals surface area contributed by atoms with Crippen molar-refractivity contribution < 1.29 is 9.82 Å². The number of hydrogen-bond donors (Lipinski definition) is 1. The van der Waals surface area contributed by atoms with Gasteiger partial charge < -0.3 is 0 Å². The number of nitro benzene ring substituents is 1. The van der Waals surface area contributed by atoms with Gasteiger partial charge in [-0.2, -0.15) is 0 Å². The van der Waals surface area contributed by atoms with Crippen molar-refractivity contribution in [2.45, 2.75) is 49.9 Å². The summed E-state index contributed by atoms with van der Waals surface area (Å²) in [6.45, 7) is 0. The SMILES string of the molecule is O=[N+]([O-])c1ccc([C@@H]2[C@@H]3C(c4ccccc4)=NC4(CCCCC4)[NH+]23)cc1. The summed E-state index contributed by atoms with van der Waals surface area (Å²) in [6.07, 6.45) is 6.10. The minimum Gasteiger partial charge on any atom is -0.287 e. The Kier molecular flexibility index (Phi) is 3.47. The number of nitrogens with zero attached hydrogens (tertiary/aromatic N) is 2. The second kappa shape index (κ2) is 5.74. The van der Waals surface area contributed by atoms with Gasteiger partial charge in [0.2, 0.25) is 0 Å². The quantitative estimate of drug-likeness (QED) is 0.526. The largest absolute Gasteiger partial charge is 0.287 e. The van der Waals surface area contributed by atoms with Crippen LogP contribution in [0.15, 0.2) is 59.6 Å². The highest BCUT2D eigenvalue weighted by atomic mass is 16.6. The number of nitrogens with one attached hydrogen (secondary N) is 1. The molecule has 1 aliphatic carbocycles. The van der Waals surface area contributed by atoms with E-state index < -0.39 is 0 Å². The third-order valence-corrected chi connectivity index (χ3v) is 6.27. The van der Waals surface area contributed by atoms with Gasteiger partial charge in [0.25, 0.3) is 5.69 Å². The predicted molar refractivity (Wildman–Crippen MR) is 99.4 cm³/mol. The van der Waals surface area contributed by atoms with Crippen molar-refractivity contribution in [3.8, 4) is 0 Å². The van der Waals surface area contributed by atoms with Crippen molar-refractivity contribution in [2.24, 2.45) is 4.99 Å². The summed E-state index contributed by atoms with van der Waals surface area (Å²) in [4.78, 5) is 17.5. The van der Waals surface area contributed by atoms with Crippen molar-refractivity contribution in [3.63, 3.8) is 0 Å². The molecule has 2 aromatic carbocycles. The van der Waals surface area contributed by atoms with Gasteiger partial charge in [0.15, 0.2) is 17.7 Å². The van der Waals surface area contributed by atoms with Gasteiger partial charge in [0.1, 0.15) is 5.71 Å². The Morgan fingerprint density at radius 2 is 1.65 bits per heavy atom. The van der Waals surface area contributed by atoms with Crippen molar-refractivity contribution in [1.29, 1.82) is 0 Å². The van der Waals surface area contributed by atoms with Crippen LogP contribution in [0.1, 0.15) is 49.3 Å². The highest BCUT2D eigenvalue weighted by molar-refractivity contribution is 6.06. The molecule has 2 aliphatic heterocycles. The summed E-state index contributed by atoms with van der Waals surface area (Å²) in [6, 6.07) is 18.4. The van der Waals surface area contributed by atoms with Crippen molar-refractivity contribution in [2.75, 3.05) is 0 Å². The summed E-state index contributed by atoms with van der Waals surface area (Å²) in [7, 11) is 0. The third-order valence-electron chi connectivity index (χ3n) is 6.27. The van der Waals surface area contributed by atoms with Crippen LogP contribution in [0.2, 0.25) is 0 Å². The first-order valence-electron chi connectivity index (χ1n) is 9.46. The Morgan fingerprint density at radius 3 is 2.31 bits per heavy atom. The number of non-ortho nitro benzene ring substituents is 1. The molecule has 0 bridgehead atoms. The monoisotopic (exact) mass is 348 g/mol. The molecule has 1 saturated carbocycles. The van der Waals surface area contributed by atoms with E-state index in [-0.39, 0.29) is 16.3 Å². The van der Waals surface area contributed by atoms with Crippen molar-refractivity contribution in [1.82, 2.24) is 0 Å². The maximum Gasteiger partial charge on any atom is 0.269 e. The first-order valence-corrected chi connectivity index (χ1v) is 9.46. The molecular formula is C21H22N3O2+. The minimum absolute atomic E-state index is 0.0144. The van der Waals surface area contributed by atoms with E-state index in [0.717, 1.165) is 12.8 Å². The topological polar surface area (TPSA) is 59.9 Å². The second-order valence-corrected chi connectivity index (χ2v) is 7.71. The fourth-order valence-electron chi connectivity index (χ4n) is 5.08.